The van der Waals surface area contributed by atoms with Crippen LogP contribution in [0.4, 0.5) is 0 Å². The van der Waals surface area contributed by atoms with Crippen molar-refractivity contribution in [2.75, 3.05) is 0 Å². The summed E-state index contributed by atoms with van der Waals surface area (Å²) >= 11 is 0. The number of ether oxygens (including phenoxy) is 1. The van der Waals surface area contributed by atoms with Crippen molar-refractivity contribution >= 4 is 28.9 Å². The van der Waals surface area contributed by atoms with Crippen molar-refractivity contribution in [2.45, 2.75) is 104 Å². The molecule has 0 aromatic heterocycles. The van der Waals surface area contributed by atoms with Gasteiger partial charge in [0.15, 0.2) is 0 Å². The summed E-state index contributed by atoms with van der Waals surface area (Å²) in [7, 11) is 0. The van der Waals surface area contributed by atoms with Gasteiger partial charge < -0.3 is 4.74 Å². The van der Waals surface area contributed by atoms with E-state index >= 15 is 0 Å². The molecule has 0 fully saturated rings. The lowest BCUT2D eigenvalue weighted by Gasteiger charge is -2.11. The molecule has 40 heavy (non-hydrogen) atoms. The topological polar surface area (TPSA) is 67.8 Å². The zero-order valence-corrected chi connectivity index (χ0v) is 24.4. The maximum atomic E-state index is 12.8. The minimum absolute atomic E-state index is 0.0993. The molecule has 0 aliphatic heterocycles. The molecule has 3 aromatic carbocycles. The van der Waals surface area contributed by atoms with Gasteiger partial charge >= 0.3 is 5.97 Å². The van der Waals surface area contributed by atoms with Gasteiger partial charge in [-0.3, -0.25) is 4.79 Å². The molecule has 1 amide bonds. The number of fused-ring (bicyclic) bond motifs is 1. The van der Waals surface area contributed by atoms with Crippen LogP contribution in [-0.2, 0) is 4.79 Å². The summed E-state index contributed by atoms with van der Waals surface area (Å²) in [5.74, 6) is -0.132. The summed E-state index contributed by atoms with van der Waals surface area (Å²) < 4.78 is 5.75. The van der Waals surface area contributed by atoms with Crippen LogP contribution < -0.4 is 10.2 Å². The standard InChI is InChI=1S/C35H46N2O3/c1-3-4-5-6-7-8-9-10-11-12-13-14-15-20-34(38)37-36-27-32-31-19-17-16-18-29(31)25-26-33(32)40-35(39)30-23-21-28(2)22-24-30/h16-19,21-27H,3-15,20H2,1-2H3,(H,37,38). The summed E-state index contributed by atoms with van der Waals surface area (Å²) in [5.41, 5.74) is 4.85. The SMILES string of the molecule is CCCCCCCCCCCCCCCC(=O)NN=Cc1c(OC(=O)c2ccc(C)cc2)ccc2ccccc12. The quantitative estimate of drug-likeness (QED) is 0.0572. The zero-order chi connectivity index (χ0) is 28.4. The number of hydrazone groups is 1. The van der Waals surface area contributed by atoms with Gasteiger partial charge in [-0.2, -0.15) is 5.10 Å². The van der Waals surface area contributed by atoms with Gasteiger partial charge in [0.05, 0.1) is 11.8 Å². The lowest BCUT2D eigenvalue weighted by molar-refractivity contribution is -0.121. The predicted molar refractivity (Wildman–Crippen MR) is 166 cm³/mol. The van der Waals surface area contributed by atoms with Crippen LogP contribution >= 0.6 is 0 Å². The summed E-state index contributed by atoms with van der Waals surface area (Å²) in [6.07, 6.45) is 18.6. The first-order valence-electron chi connectivity index (χ1n) is 15.2. The molecule has 1 N–H and O–H groups in total. The fourth-order valence-electron chi connectivity index (χ4n) is 4.87. The Hall–Kier alpha value is -3.47. The number of unbranched alkanes of at least 4 members (excludes halogenated alkanes) is 12. The third-order valence-electron chi connectivity index (χ3n) is 7.31. The average molecular weight is 543 g/mol. The smallest absolute Gasteiger partial charge is 0.343 e. The lowest BCUT2D eigenvalue weighted by atomic mass is 10.0. The largest absolute Gasteiger partial charge is 0.422 e. The van der Waals surface area contributed by atoms with E-state index < -0.39 is 5.97 Å². The van der Waals surface area contributed by atoms with Crippen molar-refractivity contribution in [3.8, 4) is 5.75 Å². The van der Waals surface area contributed by atoms with Crippen LogP contribution in [-0.4, -0.2) is 18.1 Å². The van der Waals surface area contributed by atoms with E-state index in [2.05, 4.69) is 17.5 Å². The van der Waals surface area contributed by atoms with Crippen LogP contribution in [0.3, 0.4) is 0 Å². The van der Waals surface area contributed by atoms with Crippen molar-refractivity contribution in [1.29, 1.82) is 0 Å². The molecule has 0 bridgehead atoms. The first-order chi connectivity index (χ1) is 19.6. The Kier molecular flexibility index (Phi) is 14.0. The second-order valence-corrected chi connectivity index (χ2v) is 10.7. The average Bonchev–Trinajstić information content (AvgIpc) is 2.96. The highest BCUT2D eigenvalue weighted by Crippen LogP contribution is 2.27. The van der Waals surface area contributed by atoms with Gasteiger partial charge in [0.2, 0.25) is 5.91 Å². The van der Waals surface area contributed by atoms with Crippen LogP contribution in [0.2, 0.25) is 0 Å². The number of carbonyl (C=O) groups is 2. The highest BCUT2D eigenvalue weighted by atomic mass is 16.5. The number of esters is 1. The Morgan fingerprint density at radius 2 is 1.35 bits per heavy atom. The number of carbonyl (C=O) groups excluding carboxylic acids is 2. The molecule has 214 valence electrons. The van der Waals surface area contributed by atoms with Crippen LogP contribution in [0.5, 0.6) is 5.75 Å². The number of nitrogens with zero attached hydrogens (tertiary/aromatic N) is 1. The van der Waals surface area contributed by atoms with Crippen molar-refractivity contribution in [1.82, 2.24) is 5.43 Å². The van der Waals surface area contributed by atoms with Gasteiger partial charge in [-0.25, -0.2) is 10.2 Å². The maximum Gasteiger partial charge on any atom is 0.343 e. The van der Waals surface area contributed by atoms with Crippen molar-refractivity contribution < 1.29 is 14.3 Å². The number of nitrogens with one attached hydrogen (secondary N) is 1. The molecule has 0 saturated heterocycles. The monoisotopic (exact) mass is 542 g/mol. The van der Waals surface area contributed by atoms with Crippen LogP contribution in [0.25, 0.3) is 10.8 Å². The summed E-state index contributed by atoms with van der Waals surface area (Å²) in [6, 6.07) is 18.8. The molecule has 0 atom stereocenters. The molecule has 0 unspecified atom stereocenters. The van der Waals surface area contributed by atoms with E-state index in [1.807, 2.05) is 49.4 Å². The second-order valence-electron chi connectivity index (χ2n) is 10.7. The minimum Gasteiger partial charge on any atom is -0.422 e. The molecule has 0 saturated carbocycles. The van der Waals surface area contributed by atoms with Gasteiger partial charge in [0, 0.05) is 12.0 Å². The van der Waals surface area contributed by atoms with Crippen LogP contribution in [0.1, 0.15) is 118 Å². The lowest BCUT2D eigenvalue weighted by Crippen LogP contribution is -2.17. The Balaban J connectivity index is 1.41. The van der Waals surface area contributed by atoms with E-state index in [1.54, 1.807) is 24.4 Å². The normalized spacial score (nSPS) is 11.2. The summed E-state index contributed by atoms with van der Waals surface area (Å²) in [5, 5.41) is 6.10. The van der Waals surface area contributed by atoms with Crippen LogP contribution in [0.15, 0.2) is 65.8 Å². The Morgan fingerprint density at radius 1 is 0.750 bits per heavy atom. The van der Waals surface area contributed by atoms with Crippen molar-refractivity contribution in [2.24, 2.45) is 5.10 Å². The Morgan fingerprint density at radius 3 is 2.00 bits per heavy atom. The van der Waals surface area contributed by atoms with Gasteiger partial charge in [0.1, 0.15) is 5.75 Å². The first kappa shape index (κ1) is 31.1. The number of aryl methyl sites for hydroxylation is 1. The molecular formula is C35H46N2O3. The first-order valence-corrected chi connectivity index (χ1v) is 15.2. The zero-order valence-electron chi connectivity index (χ0n) is 24.4. The van der Waals surface area contributed by atoms with E-state index in [9.17, 15) is 9.59 Å². The molecule has 3 rings (SSSR count). The molecule has 0 aliphatic rings. The van der Waals surface area contributed by atoms with E-state index in [4.69, 9.17) is 4.74 Å². The van der Waals surface area contributed by atoms with E-state index in [-0.39, 0.29) is 5.91 Å². The molecule has 3 aromatic rings. The number of benzene rings is 3. The minimum atomic E-state index is -0.434. The molecule has 0 spiro atoms. The maximum absolute atomic E-state index is 12.8. The van der Waals surface area contributed by atoms with Gasteiger partial charge in [-0.05, 0) is 42.3 Å². The number of rotatable bonds is 18. The number of hydrogen-bond acceptors (Lipinski definition) is 4. The molecule has 5 heteroatoms. The van der Waals surface area contributed by atoms with Gasteiger partial charge in [-0.1, -0.05) is 132 Å². The van der Waals surface area contributed by atoms with Crippen molar-refractivity contribution in [3.63, 3.8) is 0 Å². The molecule has 0 heterocycles. The van der Waals surface area contributed by atoms with E-state index in [1.165, 1.54) is 70.6 Å². The third-order valence-corrected chi connectivity index (χ3v) is 7.31. The highest BCUT2D eigenvalue weighted by Gasteiger charge is 2.13. The van der Waals surface area contributed by atoms with E-state index in [0.717, 1.165) is 29.2 Å². The predicted octanol–water partition coefficient (Wildman–Crippen LogP) is 9.30. The van der Waals surface area contributed by atoms with Gasteiger partial charge in [0.25, 0.3) is 0 Å². The van der Waals surface area contributed by atoms with E-state index in [0.29, 0.717) is 23.3 Å². The third kappa shape index (κ3) is 11.0. The Labute approximate surface area is 240 Å². The number of hydrogen-bond donors (Lipinski definition) is 1. The number of amides is 1. The molecular weight excluding hydrogens is 496 g/mol. The van der Waals surface area contributed by atoms with Crippen molar-refractivity contribution in [3.05, 3.63) is 77.4 Å². The fourth-order valence-corrected chi connectivity index (χ4v) is 4.87. The summed E-state index contributed by atoms with van der Waals surface area (Å²) in [4.78, 5) is 25.1. The Bertz CT molecular complexity index is 1220. The van der Waals surface area contributed by atoms with Crippen LogP contribution in [0, 0.1) is 6.92 Å². The fraction of sp³-hybridized carbons (Fsp3) is 0.457. The molecule has 5 nitrogen and oxygen atoms in total. The second kappa shape index (κ2) is 18.0. The molecule has 0 aliphatic carbocycles. The highest BCUT2D eigenvalue weighted by molar-refractivity contribution is 6.04. The summed E-state index contributed by atoms with van der Waals surface area (Å²) in [6.45, 7) is 4.23. The molecule has 0 radical (unpaired) electrons. The van der Waals surface area contributed by atoms with Gasteiger partial charge in [-0.15, -0.1) is 0 Å².